The first-order chi connectivity index (χ1) is 16.6. The van der Waals surface area contributed by atoms with E-state index in [2.05, 4.69) is 47.7 Å². The highest BCUT2D eigenvalue weighted by molar-refractivity contribution is 6.09. The number of nitrogens with zero attached hydrogens (tertiary/aromatic N) is 1. The average Bonchev–Trinajstić information content (AvgIpc) is 2.86. The average molecular weight is 463 g/mol. The van der Waals surface area contributed by atoms with Gasteiger partial charge in [0.15, 0.2) is 0 Å². The molecule has 1 atom stereocenters. The van der Waals surface area contributed by atoms with E-state index in [1.807, 2.05) is 30.3 Å². The van der Waals surface area contributed by atoms with Crippen LogP contribution in [-0.4, -0.2) is 43.5 Å². The van der Waals surface area contributed by atoms with Crippen LogP contribution in [0.15, 0.2) is 65.7 Å². The molecule has 2 aliphatic heterocycles. The molecule has 4 rings (SSSR count). The second kappa shape index (κ2) is 11.4. The predicted octanol–water partition coefficient (Wildman–Crippen LogP) is 4.08. The molecule has 0 saturated carbocycles. The second-order valence-electron chi connectivity index (χ2n) is 9.31. The number of hydrogen-bond acceptors (Lipinski definition) is 5. The Hall–Kier alpha value is -2.99. The van der Waals surface area contributed by atoms with Gasteiger partial charge < -0.3 is 26.0 Å². The fraction of sp³-hybridized carbons (Fsp3) is 0.464. The van der Waals surface area contributed by atoms with Crippen molar-refractivity contribution in [3.05, 3.63) is 71.3 Å². The lowest BCUT2D eigenvalue weighted by Gasteiger charge is -2.43. The summed E-state index contributed by atoms with van der Waals surface area (Å²) in [5.41, 5.74) is 8.42. The molecule has 4 N–H and O–H groups in total. The molecule has 6 nitrogen and oxygen atoms in total. The quantitative estimate of drug-likeness (QED) is 0.532. The third kappa shape index (κ3) is 5.55. The molecule has 182 valence electrons. The van der Waals surface area contributed by atoms with Crippen LogP contribution >= 0.6 is 0 Å². The highest BCUT2D eigenvalue weighted by atomic mass is 16.5. The van der Waals surface area contributed by atoms with Crippen molar-refractivity contribution in [3.8, 4) is 5.75 Å². The van der Waals surface area contributed by atoms with Crippen molar-refractivity contribution in [3.63, 3.8) is 0 Å². The van der Waals surface area contributed by atoms with Gasteiger partial charge in [-0.15, -0.1) is 0 Å². The van der Waals surface area contributed by atoms with E-state index in [1.54, 1.807) is 0 Å². The maximum atomic E-state index is 12.9. The normalized spacial score (nSPS) is 23.2. The minimum absolute atomic E-state index is 0.405. The van der Waals surface area contributed by atoms with Crippen LogP contribution in [0.25, 0.3) is 5.57 Å². The van der Waals surface area contributed by atoms with Gasteiger partial charge in [0, 0.05) is 19.6 Å². The Kier molecular flexibility index (Phi) is 8.12. The van der Waals surface area contributed by atoms with Gasteiger partial charge in [-0.3, -0.25) is 4.79 Å². The number of primary amides is 1. The Morgan fingerprint density at radius 3 is 2.56 bits per heavy atom. The van der Waals surface area contributed by atoms with E-state index in [1.165, 1.54) is 12.8 Å². The van der Waals surface area contributed by atoms with Crippen LogP contribution in [0.5, 0.6) is 5.75 Å². The number of rotatable bonds is 7. The molecule has 6 heteroatoms. The number of ether oxygens (including phenoxy) is 1. The van der Waals surface area contributed by atoms with Crippen LogP contribution in [0.4, 0.5) is 0 Å². The highest BCUT2D eigenvalue weighted by Gasteiger charge is 2.33. The van der Waals surface area contributed by atoms with E-state index in [4.69, 9.17) is 10.5 Å². The van der Waals surface area contributed by atoms with Gasteiger partial charge in [-0.25, -0.2) is 0 Å². The number of carbonyl (C=O) groups is 1. The molecule has 2 fully saturated rings. The number of benzene rings is 1. The molecular formula is C28H38N4O2. The Morgan fingerprint density at radius 2 is 1.91 bits per heavy atom. The summed E-state index contributed by atoms with van der Waals surface area (Å²) in [7, 11) is 2.10. The van der Waals surface area contributed by atoms with Crippen molar-refractivity contribution in [1.82, 2.24) is 15.5 Å². The third-order valence-corrected chi connectivity index (χ3v) is 7.03. The SMILES string of the molecule is CC/C=C(/C(C(N)=O)=C1/NCC[C@@H](C2CCNCC2)N1C)c1ccc(OC2=CCCC=C2)cc1. The molecule has 0 radical (unpaired) electrons. The number of amides is 1. The van der Waals surface area contributed by atoms with E-state index < -0.39 is 5.91 Å². The lowest BCUT2D eigenvalue weighted by Crippen LogP contribution is -2.51. The summed E-state index contributed by atoms with van der Waals surface area (Å²) in [6.45, 7) is 5.05. The molecule has 1 amide bonds. The maximum absolute atomic E-state index is 12.9. The smallest absolute Gasteiger partial charge is 0.252 e. The monoisotopic (exact) mass is 462 g/mol. The minimum atomic E-state index is -0.405. The molecule has 0 spiro atoms. The van der Waals surface area contributed by atoms with Crippen molar-refractivity contribution in [1.29, 1.82) is 0 Å². The molecule has 2 saturated heterocycles. The Balaban J connectivity index is 1.63. The van der Waals surface area contributed by atoms with Crippen LogP contribution in [0, 0.1) is 5.92 Å². The standard InChI is InChI=1S/C28H38N4O2/c1-3-7-24(20-10-12-23(13-11-20)34-22-8-5-4-6-9-22)26(27(29)33)28-31-19-16-25(32(28)2)21-14-17-30-18-15-21/h5,7-13,21,25,30-31H,3-4,6,14-19H2,1-2H3,(H2,29,33)/b24-7+,28-26+/t25-/m0/s1. The first-order valence-electron chi connectivity index (χ1n) is 12.7. The topological polar surface area (TPSA) is 79.6 Å². The number of carbonyl (C=O) groups excluding carboxylic acids is 1. The second-order valence-corrected chi connectivity index (χ2v) is 9.31. The number of allylic oxidation sites excluding steroid dienone is 4. The molecule has 2 heterocycles. The maximum Gasteiger partial charge on any atom is 0.252 e. The van der Waals surface area contributed by atoms with E-state index in [-0.39, 0.29) is 0 Å². The van der Waals surface area contributed by atoms with Crippen molar-refractivity contribution < 1.29 is 9.53 Å². The fourth-order valence-corrected chi connectivity index (χ4v) is 5.32. The summed E-state index contributed by atoms with van der Waals surface area (Å²) in [5.74, 6) is 2.72. The van der Waals surface area contributed by atoms with Gasteiger partial charge in [0.05, 0.1) is 5.57 Å². The van der Waals surface area contributed by atoms with E-state index >= 15 is 0 Å². The number of nitrogens with two attached hydrogens (primary N) is 1. The van der Waals surface area contributed by atoms with Gasteiger partial charge in [0.1, 0.15) is 17.3 Å². The molecule has 1 aromatic rings. The zero-order chi connectivity index (χ0) is 23.9. The lowest BCUT2D eigenvalue weighted by molar-refractivity contribution is -0.114. The van der Waals surface area contributed by atoms with Crippen molar-refractivity contribution in [2.45, 2.75) is 51.5 Å². The lowest BCUT2D eigenvalue weighted by atomic mass is 9.85. The van der Waals surface area contributed by atoms with Gasteiger partial charge in [0.2, 0.25) is 0 Å². The van der Waals surface area contributed by atoms with Gasteiger partial charge in [-0.2, -0.15) is 0 Å². The first kappa shape index (κ1) is 24.1. The van der Waals surface area contributed by atoms with Crippen molar-refractivity contribution >= 4 is 11.5 Å². The van der Waals surface area contributed by atoms with Crippen molar-refractivity contribution in [2.75, 3.05) is 26.7 Å². The fourth-order valence-electron chi connectivity index (χ4n) is 5.32. The van der Waals surface area contributed by atoms with Gasteiger partial charge >= 0.3 is 0 Å². The zero-order valence-electron chi connectivity index (χ0n) is 20.5. The molecule has 3 aliphatic rings. The number of piperidine rings is 1. The van der Waals surface area contributed by atoms with E-state index in [0.717, 1.165) is 73.8 Å². The molecule has 1 aromatic carbocycles. The van der Waals surface area contributed by atoms with E-state index in [9.17, 15) is 4.79 Å². The molecule has 0 bridgehead atoms. The largest absolute Gasteiger partial charge is 0.458 e. The molecular weight excluding hydrogens is 424 g/mol. The van der Waals surface area contributed by atoms with E-state index in [0.29, 0.717) is 17.5 Å². The van der Waals surface area contributed by atoms with Crippen LogP contribution < -0.4 is 21.1 Å². The van der Waals surface area contributed by atoms with Crippen LogP contribution in [0.3, 0.4) is 0 Å². The summed E-state index contributed by atoms with van der Waals surface area (Å²) in [5, 5.41) is 6.96. The van der Waals surface area contributed by atoms with Gasteiger partial charge in [0.25, 0.3) is 5.91 Å². The van der Waals surface area contributed by atoms with Crippen molar-refractivity contribution in [2.24, 2.45) is 11.7 Å². The minimum Gasteiger partial charge on any atom is -0.458 e. The Labute approximate surface area is 203 Å². The highest BCUT2D eigenvalue weighted by Crippen LogP contribution is 2.33. The summed E-state index contributed by atoms with van der Waals surface area (Å²) in [6.07, 6.45) is 14.6. The first-order valence-corrected chi connectivity index (χ1v) is 12.7. The van der Waals surface area contributed by atoms with Crippen LogP contribution in [0.1, 0.15) is 51.0 Å². The summed E-state index contributed by atoms with van der Waals surface area (Å²) >= 11 is 0. The summed E-state index contributed by atoms with van der Waals surface area (Å²) < 4.78 is 6.00. The molecule has 1 aliphatic carbocycles. The van der Waals surface area contributed by atoms with Crippen LogP contribution in [0.2, 0.25) is 0 Å². The molecule has 34 heavy (non-hydrogen) atoms. The number of hydrogen-bond donors (Lipinski definition) is 3. The summed E-state index contributed by atoms with van der Waals surface area (Å²) in [4.78, 5) is 15.1. The molecule has 0 unspecified atom stereocenters. The predicted molar refractivity (Wildman–Crippen MR) is 138 cm³/mol. The van der Waals surface area contributed by atoms with Gasteiger partial charge in [-0.1, -0.05) is 31.2 Å². The third-order valence-electron chi connectivity index (χ3n) is 7.03. The molecule has 0 aromatic heterocycles. The Bertz CT molecular complexity index is 984. The number of nitrogens with one attached hydrogen (secondary N) is 2. The van der Waals surface area contributed by atoms with Gasteiger partial charge in [-0.05, 0) is 93.0 Å². The zero-order valence-corrected chi connectivity index (χ0v) is 20.5. The van der Waals surface area contributed by atoms with Crippen LogP contribution in [-0.2, 0) is 4.79 Å². The summed E-state index contributed by atoms with van der Waals surface area (Å²) in [6, 6.07) is 8.35. The Morgan fingerprint density at radius 1 is 1.15 bits per heavy atom.